The highest BCUT2D eigenvalue weighted by atomic mass is 16.5. The van der Waals surface area contributed by atoms with Crippen LogP contribution in [0, 0.1) is 6.57 Å². The van der Waals surface area contributed by atoms with Gasteiger partial charge in [-0.15, -0.1) is 0 Å². The highest BCUT2D eigenvalue weighted by Gasteiger charge is 2.08. The van der Waals surface area contributed by atoms with Crippen LogP contribution in [0.15, 0.2) is 42.5 Å². The summed E-state index contributed by atoms with van der Waals surface area (Å²) in [5.41, 5.74) is 3.18. The van der Waals surface area contributed by atoms with E-state index < -0.39 is 0 Å². The van der Waals surface area contributed by atoms with Crippen molar-refractivity contribution in [2.45, 2.75) is 19.5 Å². The number of methoxy groups -OCH3 is 1. The normalized spacial score (nSPS) is 10.1. The third-order valence-corrected chi connectivity index (χ3v) is 3.21. The third kappa shape index (κ3) is 4.59. The van der Waals surface area contributed by atoms with Gasteiger partial charge in [-0.3, -0.25) is 0 Å². The van der Waals surface area contributed by atoms with Gasteiger partial charge in [-0.25, -0.2) is 11.6 Å². The molecule has 0 unspecified atom stereocenters. The molecule has 0 bridgehead atoms. The number of nitrogens with one attached hydrogen (secondary N) is 1. The van der Waals surface area contributed by atoms with Gasteiger partial charge in [0, 0.05) is 25.6 Å². The van der Waals surface area contributed by atoms with Crippen molar-refractivity contribution in [1.29, 1.82) is 0 Å². The Morgan fingerprint density at radius 3 is 2.71 bits per heavy atom. The molecule has 0 aliphatic carbocycles. The number of nitrogens with zero attached hydrogens (tertiary/aromatic N) is 2. The average Bonchev–Trinajstić information content (AvgIpc) is 2.54. The van der Waals surface area contributed by atoms with Crippen molar-refractivity contribution in [2.24, 2.45) is 0 Å². The Hall–Kier alpha value is -2.38. The van der Waals surface area contributed by atoms with Gasteiger partial charge in [0.2, 0.25) is 12.4 Å². The van der Waals surface area contributed by atoms with Crippen molar-refractivity contribution in [3.8, 4) is 5.88 Å². The van der Waals surface area contributed by atoms with Crippen LogP contribution in [0.4, 0.5) is 0 Å². The minimum absolute atomic E-state index is 0.366. The topological polar surface area (TPSA) is 38.5 Å². The van der Waals surface area contributed by atoms with Crippen LogP contribution < -0.4 is 10.1 Å². The lowest BCUT2D eigenvalue weighted by Gasteiger charge is -2.08. The van der Waals surface area contributed by atoms with Gasteiger partial charge in [-0.1, -0.05) is 30.3 Å². The van der Waals surface area contributed by atoms with Crippen LogP contribution in [0.2, 0.25) is 0 Å². The Kier molecular flexibility index (Phi) is 5.74. The maximum absolute atomic E-state index is 7.01. The molecule has 0 saturated carbocycles. The Morgan fingerprint density at radius 1 is 1.19 bits per heavy atom. The molecule has 0 spiro atoms. The SMILES string of the molecule is [C-]#[N+]Cc1ccc(OC)nc1CCNCc1ccccc1. The largest absolute Gasteiger partial charge is 0.481 e. The number of aromatic nitrogens is 1. The fourth-order valence-corrected chi connectivity index (χ4v) is 2.10. The highest BCUT2D eigenvalue weighted by molar-refractivity contribution is 5.27. The minimum Gasteiger partial charge on any atom is -0.481 e. The van der Waals surface area contributed by atoms with E-state index in [2.05, 4.69) is 27.3 Å². The first-order chi connectivity index (χ1) is 10.3. The van der Waals surface area contributed by atoms with E-state index in [1.165, 1.54) is 5.56 Å². The van der Waals surface area contributed by atoms with E-state index in [-0.39, 0.29) is 0 Å². The van der Waals surface area contributed by atoms with Crippen molar-refractivity contribution in [1.82, 2.24) is 10.3 Å². The third-order valence-electron chi connectivity index (χ3n) is 3.21. The molecule has 1 aromatic heterocycles. The molecule has 108 valence electrons. The van der Waals surface area contributed by atoms with Crippen LogP contribution in [-0.4, -0.2) is 18.6 Å². The first-order valence-electron chi connectivity index (χ1n) is 6.94. The summed E-state index contributed by atoms with van der Waals surface area (Å²) in [5.74, 6) is 0.599. The molecule has 21 heavy (non-hydrogen) atoms. The maximum atomic E-state index is 7.01. The molecule has 0 aliphatic rings. The van der Waals surface area contributed by atoms with E-state index in [9.17, 15) is 0 Å². The van der Waals surface area contributed by atoms with Crippen molar-refractivity contribution in [3.63, 3.8) is 0 Å². The van der Waals surface area contributed by atoms with E-state index in [0.29, 0.717) is 12.4 Å². The van der Waals surface area contributed by atoms with Crippen LogP contribution in [0.25, 0.3) is 4.85 Å². The summed E-state index contributed by atoms with van der Waals surface area (Å²) in [4.78, 5) is 7.90. The Morgan fingerprint density at radius 2 is 2.00 bits per heavy atom. The smallest absolute Gasteiger partial charge is 0.241 e. The number of rotatable bonds is 7. The number of ether oxygens (including phenoxy) is 1. The van der Waals surface area contributed by atoms with Gasteiger partial charge >= 0.3 is 0 Å². The Labute approximate surface area is 125 Å². The summed E-state index contributed by atoms with van der Waals surface area (Å²) in [7, 11) is 1.61. The molecule has 1 heterocycles. The molecule has 1 N–H and O–H groups in total. The second-order valence-corrected chi connectivity index (χ2v) is 4.69. The number of pyridine rings is 1. The zero-order chi connectivity index (χ0) is 14.9. The van der Waals surface area contributed by atoms with E-state index >= 15 is 0 Å². The van der Waals surface area contributed by atoms with Gasteiger partial charge in [0.15, 0.2) is 0 Å². The molecule has 1 aromatic carbocycles. The lowest BCUT2D eigenvalue weighted by Crippen LogP contribution is -2.18. The molecule has 2 aromatic rings. The zero-order valence-corrected chi connectivity index (χ0v) is 12.2. The molecular formula is C17H19N3O. The van der Waals surface area contributed by atoms with Crippen LogP contribution in [0.3, 0.4) is 0 Å². The molecule has 0 radical (unpaired) electrons. The monoisotopic (exact) mass is 281 g/mol. The quantitative estimate of drug-likeness (QED) is 0.626. The number of benzene rings is 1. The lowest BCUT2D eigenvalue weighted by molar-refractivity contribution is 0.395. The first kappa shape index (κ1) is 15.0. The molecule has 2 rings (SSSR count). The molecule has 0 aliphatic heterocycles. The molecule has 0 atom stereocenters. The highest BCUT2D eigenvalue weighted by Crippen LogP contribution is 2.14. The van der Waals surface area contributed by atoms with Crippen molar-refractivity contribution in [3.05, 3.63) is 70.7 Å². The minimum atomic E-state index is 0.366. The number of hydrogen-bond donors (Lipinski definition) is 1. The van der Waals surface area contributed by atoms with Crippen molar-refractivity contribution < 1.29 is 4.74 Å². The Balaban J connectivity index is 1.91. The molecule has 0 fully saturated rings. The van der Waals surface area contributed by atoms with E-state index in [0.717, 1.165) is 30.8 Å². The predicted molar refractivity (Wildman–Crippen MR) is 82.9 cm³/mol. The molecule has 0 saturated heterocycles. The van der Waals surface area contributed by atoms with Crippen LogP contribution in [0.1, 0.15) is 16.8 Å². The van der Waals surface area contributed by atoms with E-state index in [1.807, 2.05) is 24.3 Å². The summed E-state index contributed by atoms with van der Waals surface area (Å²) in [5, 5.41) is 3.40. The molecule has 4 nitrogen and oxygen atoms in total. The summed E-state index contributed by atoms with van der Waals surface area (Å²) in [6.07, 6.45) is 0.787. The summed E-state index contributed by atoms with van der Waals surface area (Å²) >= 11 is 0. The van der Waals surface area contributed by atoms with Gasteiger partial charge in [0.05, 0.1) is 18.4 Å². The fourth-order valence-electron chi connectivity index (χ4n) is 2.10. The van der Waals surface area contributed by atoms with Gasteiger partial charge in [-0.05, 0) is 11.6 Å². The summed E-state index contributed by atoms with van der Waals surface area (Å²) in [6.45, 7) is 9.03. The Bertz CT molecular complexity index is 605. The molecule has 4 heteroatoms. The number of hydrogen-bond acceptors (Lipinski definition) is 3. The summed E-state index contributed by atoms with van der Waals surface area (Å²) < 4.78 is 5.15. The second kappa shape index (κ2) is 8.03. The van der Waals surface area contributed by atoms with Gasteiger partial charge in [-0.2, -0.15) is 0 Å². The van der Waals surface area contributed by atoms with Gasteiger partial charge in [0.25, 0.3) is 0 Å². The van der Waals surface area contributed by atoms with Crippen LogP contribution in [0.5, 0.6) is 5.88 Å². The van der Waals surface area contributed by atoms with Gasteiger partial charge < -0.3 is 14.9 Å². The second-order valence-electron chi connectivity index (χ2n) is 4.69. The van der Waals surface area contributed by atoms with Crippen LogP contribution >= 0.6 is 0 Å². The van der Waals surface area contributed by atoms with Crippen molar-refractivity contribution in [2.75, 3.05) is 13.7 Å². The standard InChI is InChI=1S/C17H19N3O/c1-18-13-15-8-9-17(21-2)20-16(15)10-11-19-12-14-6-4-3-5-7-14/h3-9,19H,10-13H2,2H3. The first-order valence-corrected chi connectivity index (χ1v) is 6.94. The van der Waals surface area contributed by atoms with E-state index in [4.69, 9.17) is 11.3 Å². The zero-order valence-electron chi connectivity index (χ0n) is 12.2. The fraction of sp³-hybridized carbons (Fsp3) is 0.294. The summed E-state index contributed by atoms with van der Waals surface area (Å²) in [6, 6.07) is 14.0. The average molecular weight is 281 g/mol. The molecule has 0 amide bonds. The van der Waals surface area contributed by atoms with Crippen LogP contribution in [-0.2, 0) is 19.5 Å². The van der Waals surface area contributed by atoms with Gasteiger partial charge in [0.1, 0.15) is 0 Å². The predicted octanol–water partition coefficient (Wildman–Crippen LogP) is 2.84. The maximum Gasteiger partial charge on any atom is 0.241 e. The molecular weight excluding hydrogens is 262 g/mol. The van der Waals surface area contributed by atoms with E-state index in [1.54, 1.807) is 13.2 Å². The van der Waals surface area contributed by atoms with Crippen molar-refractivity contribution >= 4 is 0 Å². The lowest BCUT2D eigenvalue weighted by atomic mass is 10.1.